The van der Waals surface area contributed by atoms with Gasteiger partial charge in [0.15, 0.2) is 0 Å². The van der Waals surface area contributed by atoms with E-state index in [1.807, 2.05) is 0 Å². The molecule has 0 atom stereocenters. The maximum Gasteiger partial charge on any atom is 0.406 e. The Kier molecular flexibility index (Phi) is 5.56. The van der Waals surface area contributed by atoms with Crippen LogP contribution in [0.1, 0.15) is 45.4 Å². The largest absolute Gasteiger partial charge is 0.406 e. The van der Waals surface area contributed by atoms with Gasteiger partial charge in [-0.15, -0.1) is 0 Å². The number of hydrogen-bond donors (Lipinski definition) is 2. The third-order valence-corrected chi connectivity index (χ3v) is 7.72. The summed E-state index contributed by atoms with van der Waals surface area (Å²) in [6, 6.07) is -2.31. The number of carbonyl (C=O) groups excluding carboxylic acids is 5. The van der Waals surface area contributed by atoms with Gasteiger partial charge in [-0.3, -0.25) is 29.1 Å². The molecule has 2 spiro atoms. The van der Waals surface area contributed by atoms with Gasteiger partial charge in [0.1, 0.15) is 23.5 Å². The number of hydrogen-bond acceptors (Lipinski definition) is 7. The van der Waals surface area contributed by atoms with Crippen LogP contribution in [0.15, 0.2) is 11.4 Å². The molecule has 7 amide bonds. The van der Waals surface area contributed by atoms with Crippen LogP contribution >= 0.6 is 0 Å². The second kappa shape index (κ2) is 7.85. The lowest BCUT2D eigenvalue weighted by Crippen LogP contribution is -2.66. The average molecular weight is 500 g/mol. The molecule has 2 saturated heterocycles. The second-order valence-electron chi connectivity index (χ2n) is 9.80. The number of amides is 7. The van der Waals surface area contributed by atoms with Crippen molar-refractivity contribution in [3.05, 3.63) is 11.4 Å². The minimum Gasteiger partial charge on any atom is -0.385 e. The molecular formula is C21H27F3N6O5. The van der Waals surface area contributed by atoms with Gasteiger partial charge in [-0.2, -0.15) is 13.2 Å². The molecule has 35 heavy (non-hydrogen) atoms. The maximum absolute atomic E-state index is 13.1. The van der Waals surface area contributed by atoms with Gasteiger partial charge in [0.05, 0.1) is 0 Å². The molecular weight excluding hydrogens is 473 g/mol. The van der Waals surface area contributed by atoms with Crippen LogP contribution in [-0.4, -0.2) is 87.3 Å². The number of urea groups is 2. The van der Waals surface area contributed by atoms with Crippen molar-refractivity contribution in [3.8, 4) is 0 Å². The number of nitrogens with zero attached hydrogens (tertiary/aromatic N) is 4. The molecule has 192 valence electrons. The van der Waals surface area contributed by atoms with E-state index in [0.717, 1.165) is 14.7 Å². The standard InChI is InChI=1S/C21H27F3N6O5/c1-3-28-14(31)12(13(25)26)15(32)30(18(28)35)11-4-6-19(7-5-11)8-20(9-19)16(33)27(2)17(34)29(20)10-21(22,23)24/h11H,3-10,25-26H2,1-2H3. The summed E-state index contributed by atoms with van der Waals surface area (Å²) in [7, 11) is 1.17. The first kappa shape index (κ1) is 24.8. The van der Waals surface area contributed by atoms with Crippen molar-refractivity contribution < 1.29 is 37.1 Å². The number of imide groups is 3. The minimum absolute atomic E-state index is 0.0100. The molecule has 4 rings (SSSR count). The molecule has 0 aromatic rings. The Bertz CT molecular complexity index is 1040. The summed E-state index contributed by atoms with van der Waals surface area (Å²) in [5.74, 6) is -2.86. The van der Waals surface area contributed by atoms with E-state index in [-0.39, 0.29) is 19.4 Å². The number of rotatable bonds is 3. The minimum atomic E-state index is -4.65. The number of likely N-dealkylation sites (N-methyl/N-ethyl adjacent to an activating group) is 2. The van der Waals surface area contributed by atoms with Crippen LogP contribution in [0, 0.1) is 5.41 Å². The predicted molar refractivity (Wildman–Crippen MR) is 113 cm³/mol. The van der Waals surface area contributed by atoms with Crippen LogP contribution in [0.2, 0.25) is 0 Å². The Morgan fingerprint density at radius 2 is 1.57 bits per heavy atom. The zero-order chi connectivity index (χ0) is 26.1. The Hall–Kier alpha value is -3.32. The molecule has 4 N–H and O–H groups in total. The van der Waals surface area contributed by atoms with Crippen molar-refractivity contribution >= 4 is 29.8 Å². The van der Waals surface area contributed by atoms with Crippen LogP contribution in [-0.2, 0) is 14.4 Å². The van der Waals surface area contributed by atoms with Gasteiger partial charge in [-0.05, 0) is 50.9 Å². The molecule has 0 bridgehead atoms. The lowest BCUT2D eigenvalue weighted by atomic mass is 9.51. The highest BCUT2D eigenvalue weighted by molar-refractivity contribution is 6.29. The van der Waals surface area contributed by atoms with E-state index >= 15 is 0 Å². The van der Waals surface area contributed by atoms with Gasteiger partial charge in [-0.1, -0.05) is 0 Å². The number of barbiturate groups is 1. The molecule has 14 heteroatoms. The van der Waals surface area contributed by atoms with Crippen molar-refractivity contribution in [2.24, 2.45) is 16.9 Å². The number of alkyl halides is 3. The molecule has 4 fully saturated rings. The third-order valence-electron chi connectivity index (χ3n) is 7.72. The van der Waals surface area contributed by atoms with Crippen molar-refractivity contribution in [2.75, 3.05) is 20.1 Å². The van der Waals surface area contributed by atoms with E-state index in [9.17, 15) is 37.1 Å². The van der Waals surface area contributed by atoms with Crippen LogP contribution in [0.25, 0.3) is 0 Å². The summed E-state index contributed by atoms with van der Waals surface area (Å²) in [6.07, 6.45) is -2.97. The van der Waals surface area contributed by atoms with Gasteiger partial charge >= 0.3 is 18.2 Å². The lowest BCUT2D eigenvalue weighted by molar-refractivity contribution is -0.173. The molecule has 0 radical (unpaired) electrons. The second-order valence-corrected chi connectivity index (χ2v) is 9.80. The number of nitrogens with two attached hydrogens (primary N) is 2. The molecule has 0 aromatic carbocycles. The Morgan fingerprint density at radius 3 is 2.06 bits per heavy atom. The van der Waals surface area contributed by atoms with Crippen LogP contribution in [0.3, 0.4) is 0 Å². The van der Waals surface area contributed by atoms with Gasteiger partial charge in [-0.25, -0.2) is 9.59 Å². The van der Waals surface area contributed by atoms with Crippen LogP contribution < -0.4 is 11.5 Å². The van der Waals surface area contributed by atoms with E-state index < -0.39 is 70.9 Å². The first-order valence-corrected chi connectivity index (χ1v) is 11.3. The summed E-state index contributed by atoms with van der Waals surface area (Å²) < 4.78 is 39.4. The zero-order valence-corrected chi connectivity index (χ0v) is 19.4. The smallest absolute Gasteiger partial charge is 0.385 e. The summed E-state index contributed by atoms with van der Waals surface area (Å²) in [5.41, 5.74) is 8.59. The maximum atomic E-state index is 13.1. The van der Waals surface area contributed by atoms with Crippen LogP contribution in [0.5, 0.6) is 0 Å². The zero-order valence-electron chi connectivity index (χ0n) is 19.4. The van der Waals surface area contributed by atoms with Gasteiger partial charge in [0.25, 0.3) is 17.7 Å². The Balaban J connectivity index is 1.51. The van der Waals surface area contributed by atoms with Crippen molar-refractivity contribution in [1.82, 2.24) is 19.6 Å². The van der Waals surface area contributed by atoms with E-state index in [1.165, 1.54) is 7.05 Å². The molecule has 2 saturated carbocycles. The molecule has 11 nitrogen and oxygen atoms in total. The topological polar surface area (TPSA) is 150 Å². The van der Waals surface area contributed by atoms with Gasteiger partial charge < -0.3 is 16.4 Å². The SMILES string of the molecule is CCN1C(=O)C(=C(N)N)C(=O)N(C2CCC3(CC2)CC2(C3)C(=O)N(C)C(=O)N2CC(F)(F)F)C1=O. The highest BCUT2D eigenvalue weighted by Crippen LogP contribution is 2.61. The third kappa shape index (κ3) is 3.60. The number of carbonyl (C=O) groups is 5. The molecule has 2 aliphatic heterocycles. The highest BCUT2D eigenvalue weighted by atomic mass is 19.4. The van der Waals surface area contributed by atoms with Gasteiger partial charge in [0.2, 0.25) is 0 Å². The Morgan fingerprint density at radius 1 is 1.00 bits per heavy atom. The van der Waals surface area contributed by atoms with E-state index in [4.69, 9.17) is 11.5 Å². The highest BCUT2D eigenvalue weighted by Gasteiger charge is 2.69. The molecule has 0 unspecified atom stereocenters. The number of halogens is 3. The monoisotopic (exact) mass is 500 g/mol. The summed E-state index contributed by atoms with van der Waals surface area (Å²) >= 11 is 0. The average Bonchev–Trinajstić information content (AvgIpc) is 2.90. The normalized spacial score (nSPS) is 31.9. The quantitative estimate of drug-likeness (QED) is 0.331. The fourth-order valence-electron chi connectivity index (χ4n) is 6.13. The van der Waals surface area contributed by atoms with E-state index in [2.05, 4.69) is 0 Å². The summed E-state index contributed by atoms with van der Waals surface area (Å²) in [5, 5.41) is 0. The van der Waals surface area contributed by atoms with Crippen molar-refractivity contribution in [3.63, 3.8) is 0 Å². The van der Waals surface area contributed by atoms with Crippen molar-refractivity contribution in [1.29, 1.82) is 0 Å². The summed E-state index contributed by atoms with van der Waals surface area (Å²) in [6.45, 7) is 0.0748. The van der Waals surface area contributed by atoms with Gasteiger partial charge in [0, 0.05) is 19.6 Å². The van der Waals surface area contributed by atoms with Crippen LogP contribution in [0.4, 0.5) is 22.8 Å². The fraction of sp³-hybridized carbons (Fsp3) is 0.667. The summed E-state index contributed by atoms with van der Waals surface area (Å²) in [4.78, 5) is 66.6. The molecule has 2 heterocycles. The van der Waals surface area contributed by atoms with E-state index in [1.54, 1.807) is 6.92 Å². The fourth-order valence-corrected chi connectivity index (χ4v) is 6.13. The van der Waals surface area contributed by atoms with Crippen molar-refractivity contribution in [2.45, 2.75) is 63.2 Å². The first-order chi connectivity index (χ1) is 16.2. The van der Waals surface area contributed by atoms with E-state index in [0.29, 0.717) is 30.6 Å². The Labute approximate surface area is 198 Å². The lowest BCUT2D eigenvalue weighted by Gasteiger charge is -2.58. The molecule has 0 aromatic heterocycles. The molecule has 2 aliphatic carbocycles. The first-order valence-electron chi connectivity index (χ1n) is 11.3. The predicted octanol–water partition coefficient (Wildman–Crippen LogP) is 0.844. The molecule has 4 aliphatic rings.